The Hall–Kier alpha value is -2.20. The predicted molar refractivity (Wildman–Crippen MR) is 82.8 cm³/mol. The fourth-order valence-corrected chi connectivity index (χ4v) is 2.13. The first-order valence-electron chi connectivity index (χ1n) is 6.34. The van der Waals surface area contributed by atoms with Gasteiger partial charge >= 0.3 is 0 Å². The number of nitrogens with one attached hydrogen (secondary N) is 1. The lowest BCUT2D eigenvalue weighted by Crippen LogP contribution is -2.09. The van der Waals surface area contributed by atoms with Crippen molar-refractivity contribution < 1.29 is 9.18 Å². The van der Waals surface area contributed by atoms with E-state index in [4.69, 9.17) is 11.6 Å². The van der Waals surface area contributed by atoms with Crippen molar-refractivity contribution in [3.63, 3.8) is 0 Å². The average Bonchev–Trinajstić information content (AvgIpc) is 2.36. The molecule has 5 heteroatoms. The molecule has 0 aliphatic heterocycles. The third-order valence-electron chi connectivity index (χ3n) is 2.75. The number of amides is 1. The molecule has 0 fully saturated rings. The van der Waals surface area contributed by atoms with Gasteiger partial charge in [-0.15, -0.1) is 0 Å². The highest BCUT2D eigenvalue weighted by Gasteiger charge is 2.05. The highest BCUT2D eigenvalue weighted by Crippen LogP contribution is 2.20. The zero-order valence-corrected chi connectivity index (χ0v) is 12.4. The van der Waals surface area contributed by atoms with Gasteiger partial charge in [-0.1, -0.05) is 17.7 Å². The molecule has 0 aliphatic rings. The summed E-state index contributed by atoms with van der Waals surface area (Å²) in [6.07, 6.45) is 2.57. The highest BCUT2D eigenvalue weighted by atomic mass is 35.5. The number of hydrogen-bond acceptors (Lipinski definition) is 2. The molecular formula is C16H14ClFN2O. The van der Waals surface area contributed by atoms with Gasteiger partial charge in [-0.3, -0.25) is 4.79 Å². The molecule has 0 radical (unpaired) electrons. The van der Waals surface area contributed by atoms with Gasteiger partial charge in [-0.05, 0) is 49.8 Å². The number of aromatic nitrogens is 1. The van der Waals surface area contributed by atoms with Crippen molar-refractivity contribution in [2.24, 2.45) is 0 Å². The Morgan fingerprint density at radius 3 is 2.76 bits per heavy atom. The molecule has 3 nitrogen and oxygen atoms in total. The van der Waals surface area contributed by atoms with E-state index in [1.54, 1.807) is 12.1 Å². The number of pyridine rings is 1. The van der Waals surface area contributed by atoms with E-state index in [-0.39, 0.29) is 10.6 Å². The summed E-state index contributed by atoms with van der Waals surface area (Å²) in [7, 11) is 0. The van der Waals surface area contributed by atoms with Crippen molar-refractivity contribution in [3.05, 3.63) is 64.1 Å². The number of halogens is 2. The molecule has 1 N–H and O–H groups in total. The summed E-state index contributed by atoms with van der Waals surface area (Å²) in [5, 5.41) is 2.88. The average molecular weight is 305 g/mol. The maximum absolute atomic E-state index is 13.6. The molecule has 0 aliphatic carbocycles. The van der Waals surface area contributed by atoms with Crippen LogP contribution < -0.4 is 5.32 Å². The zero-order valence-electron chi connectivity index (χ0n) is 11.7. The molecule has 0 bridgehead atoms. The van der Waals surface area contributed by atoms with Crippen molar-refractivity contribution >= 4 is 29.4 Å². The van der Waals surface area contributed by atoms with Crippen LogP contribution in [0.15, 0.2) is 36.4 Å². The van der Waals surface area contributed by atoms with Gasteiger partial charge < -0.3 is 5.32 Å². The molecule has 2 aromatic rings. The van der Waals surface area contributed by atoms with Crippen molar-refractivity contribution in [1.29, 1.82) is 0 Å². The van der Waals surface area contributed by atoms with Crippen LogP contribution in [0.3, 0.4) is 0 Å². The number of anilines is 1. The fraction of sp³-hybridized carbons (Fsp3) is 0.125. The minimum Gasteiger partial charge on any atom is -0.307 e. The van der Waals surface area contributed by atoms with E-state index in [1.165, 1.54) is 24.3 Å². The first kappa shape index (κ1) is 15.2. The number of carbonyl (C=O) groups excluding carboxylic acids is 1. The Morgan fingerprint density at radius 2 is 2.10 bits per heavy atom. The maximum atomic E-state index is 13.6. The number of rotatable bonds is 3. The molecule has 0 saturated carbocycles. The minimum atomic E-state index is -0.476. The van der Waals surface area contributed by atoms with Gasteiger partial charge in [0, 0.05) is 17.3 Å². The maximum Gasteiger partial charge on any atom is 0.249 e. The van der Waals surface area contributed by atoms with Crippen LogP contribution in [0, 0.1) is 19.7 Å². The van der Waals surface area contributed by atoms with Gasteiger partial charge in [-0.25, -0.2) is 9.37 Å². The Balaban J connectivity index is 2.13. The van der Waals surface area contributed by atoms with Crippen LogP contribution in [-0.4, -0.2) is 10.9 Å². The third-order valence-corrected chi connectivity index (χ3v) is 3.08. The zero-order chi connectivity index (χ0) is 15.4. The van der Waals surface area contributed by atoms with E-state index in [9.17, 15) is 9.18 Å². The van der Waals surface area contributed by atoms with Gasteiger partial charge in [0.05, 0.1) is 5.02 Å². The molecule has 2 rings (SSSR count). The lowest BCUT2D eigenvalue weighted by atomic mass is 10.2. The predicted octanol–water partition coefficient (Wildman–Crippen LogP) is 4.14. The number of hydrogen-bond donors (Lipinski definition) is 1. The Morgan fingerprint density at radius 1 is 1.33 bits per heavy atom. The van der Waals surface area contributed by atoms with Crippen LogP contribution in [0.5, 0.6) is 0 Å². The van der Waals surface area contributed by atoms with Crippen LogP contribution in [0.4, 0.5) is 10.2 Å². The van der Waals surface area contributed by atoms with E-state index in [1.807, 2.05) is 19.9 Å². The van der Waals surface area contributed by atoms with E-state index in [2.05, 4.69) is 10.3 Å². The summed E-state index contributed by atoms with van der Waals surface area (Å²) in [4.78, 5) is 16.0. The van der Waals surface area contributed by atoms with Crippen LogP contribution in [0.2, 0.25) is 5.02 Å². The standard InChI is InChI=1S/C16H14ClFN2O/c1-10-8-11(2)19-15(9-10)20-16(21)7-6-12-13(17)4-3-5-14(12)18/h3-9H,1-2H3,(H,19,20,21)/b7-6+. The summed E-state index contributed by atoms with van der Waals surface area (Å²) in [6, 6.07) is 8.02. The summed E-state index contributed by atoms with van der Waals surface area (Å²) in [5.41, 5.74) is 1.99. The van der Waals surface area contributed by atoms with Gasteiger partial charge in [0.15, 0.2) is 0 Å². The second kappa shape index (κ2) is 6.50. The van der Waals surface area contributed by atoms with Crippen molar-refractivity contribution in [3.8, 4) is 0 Å². The number of nitrogens with zero attached hydrogens (tertiary/aromatic N) is 1. The molecule has 0 saturated heterocycles. The molecule has 21 heavy (non-hydrogen) atoms. The fourth-order valence-electron chi connectivity index (χ4n) is 1.90. The smallest absolute Gasteiger partial charge is 0.249 e. The van der Waals surface area contributed by atoms with Crippen LogP contribution in [-0.2, 0) is 4.79 Å². The SMILES string of the molecule is Cc1cc(C)nc(NC(=O)/C=C/c2c(F)cccc2Cl)c1. The van der Waals surface area contributed by atoms with Crippen molar-refractivity contribution in [1.82, 2.24) is 4.98 Å². The Labute approximate surface area is 127 Å². The highest BCUT2D eigenvalue weighted by molar-refractivity contribution is 6.32. The van der Waals surface area contributed by atoms with Crippen molar-refractivity contribution in [2.45, 2.75) is 13.8 Å². The van der Waals surface area contributed by atoms with Gasteiger partial charge in [0.2, 0.25) is 5.91 Å². The van der Waals surface area contributed by atoms with Gasteiger partial charge in [0.1, 0.15) is 11.6 Å². The Bertz CT molecular complexity index is 673. The first-order chi connectivity index (χ1) is 9.95. The van der Waals surface area contributed by atoms with Gasteiger partial charge in [0.25, 0.3) is 0 Å². The van der Waals surface area contributed by atoms with Gasteiger partial charge in [-0.2, -0.15) is 0 Å². The molecule has 0 unspecified atom stereocenters. The van der Waals surface area contributed by atoms with Crippen LogP contribution in [0.1, 0.15) is 16.8 Å². The second-order valence-corrected chi connectivity index (χ2v) is 5.04. The quantitative estimate of drug-likeness (QED) is 0.866. The summed E-state index contributed by atoms with van der Waals surface area (Å²) in [6.45, 7) is 3.76. The number of carbonyl (C=O) groups is 1. The first-order valence-corrected chi connectivity index (χ1v) is 6.72. The minimum absolute atomic E-state index is 0.183. The third kappa shape index (κ3) is 4.13. The second-order valence-electron chi connectivity index (χ2n) is 4.63. The molecule has 1 heterocycles. The molecular weight excluding hydrogens is 291 g/mol. The molecule has 1 aromatic heterocycles. The number of aryl methyl sites for hydroxylation is 2. The summed E-state index contributed by atoms with van der Waals surface area (Å²) >= 11 is 5.88. The lowest BCUT2D eigenvalue weighted by molar-refractivity contribution is -0.111. The largest absolute Gasteiger partial charge is 0.307 e. The topological polar surface area (TPSA) is 42.0 Å². The molecule has 1 aromatic carbocycles. The normalized spacial score (nSPS) is 10.9. The molecule has 0 spiro atoms. The van der Waals surface area contributed by atoms with Crippen molar-refractivity contribution in [2.75, 3.05) is 5.32 Å². The monoisotopic (exact) mass is 304 g/mol. The van der Waals surface area contributed by atoms with E-state index in [0.717, 1.165) is 11.3 Å². The lowest BCUT2D eigenvalue weighted by Gasteiger charge is -2.04. The molecule has 108 valence electrons. The molecule has 0 atom stereocenters. The van der Waals surface area contributed by atoms with E-state index < -0.39 is 11.7 Å². The van der Waals surface area contributed by atoms with E-state index in [0.29, 0.717) is 5.82 Å². The Kier molecular flexibility index (Phi) is 4.70. The molecule has 1 amide bonds. The number of benzene rings is 1. The van der Waals surface area contributed by atoms with E-state index >= 15 is 0 Å². The van der Waals surface area contributed by atoms with Crippen LogP contribution in [0.25, 0.3) is 6.08 Å². The summed E-state index contributed by atoms with van der Waals surface area (Å²) < 4.78 is 13.6. The summed E-state index contributed by atoms with van der Waals surface area (Å²) in [5.74, 6) is -0.412. The van der Waals surface area contributed by atoms with Crippen LogP contribution >= 0.6 is 11.6 Å².